The van der Waals surface area contributed by atoms with Gasteiger partial charge in [0.1, 0.15) is 0 Å². The van der Waals surface area contributed by atoms with Crippen molar-refractivity contribution in [2.24, 2.45) is 0 Å². The molecule has 0 atom stereocenters. The summed E-state index contributed by atoms with van der Waals surface area (Å²) in [7, 11) is 0. The number of halogens is 2. The Labute approximate surface area is 163 Å². The van der Waals surface area contributed by atoms with Gasteiger partial charge in [0.25, 0.3) is 0 Å². The molecule has 0 N–H and O–H groups in total. The third kappa shape index (κ3) is 10.4. The summed E-state index contributed by atoms with van der Waals surface area (Å²) in [4.78, 5) is 20.3. The topological polar surface area (TPSA) is 80.3 Å². The second-order valence-electron chi connectivity index (χ2n) is 4.35. The van der Waals surface area contributed by atoms with Gasteiger partial charge in [-0.05, 0) is 35.4 Å². The van der Waals surface area contributed by atoms with Gasteiger partial charge < -0.3 is 19.8 Å². The molecule has 0 unspecified atom stereocenters. The molecule has 23 heavy (non-hydrogen) atoms. The summed E-state index contributed by atoms with van der Waals surface area (Å²) < 4.78 is 1.89. The molecule has 0 aliphatic carbocycles. The number of hydrogen-bond acceptors (Lipinski definition) is 4. The SMILES string of the molecule is O=C([O-])Cc1ccc(Br)cc1.O=C([O-])Cc1ccc(Br)cc1.[Zn+2]. The van der Waals surface area contributed by atoms with Crippen molar-refractivity contribution in [3.05, 3.63) is 68.6 Å². The summed E-state index contributed by atoms with van der Waals surface area (Å²) in [6, 6.07) is 14.2. The zero-order valence-corrected chi connectivity index (χ0v) is 18.3. The number of carbonyl (C=O) groups is 2. The first-order valence-electron chi connectivity index (χ1n) is 6.25. The molecular weight excluding hydrogens is 481 g/mol. The summed E-state index contributed by atoms with van der Waals surface area (Å²) in [5.41, 5.74) is 1.52. The maximum atomic E-state index is 10.1. The van der Waals surface area contributed by atoms with Crippen molar-refractivity contribution >= 4 is 43.8 Å². The van der Waals surface area contributed by atoms with Crippen LogP contribution in [0.1, 0.15) is 11.1 Å². The standard InChI is InChI=1S/2C8H7BrO2.Zn/c2*9-7-3-1-6(2-4-7)5-8(10)11;/h2*1-4H,5H2,(H,10,11);/q;;+2/p-2. The van der Waals surface area contributed by atoms with Crippen molar-refractivity contribution in [1.29, 1.82) is 0 Å². The van der Waals surface area contributed by atoms with Gasteiger partial charge >= 0.3 is 19.5 Å². The van der Waals surface area contributed by atoms with E-state index >= 15 is 0 Å². The molecule has 0 saturated heterocycles. The first-order chi connectivity index (χ1) is 10.4. The molecule has 0 bridgehead atoms. The summed E-state index contributed by atoms with van der Waals surface area (Å²) in [5, 5.41) is 20.3. The number of benzene rings is 2. The molecule has 0 heterocycles. The summed E-state index contributed by atoms with van der Waals surface area (Å²) in [6.07, 6.45) is -0.0411. The average molecular weight is 493 g/mol. The molecule has 0 radical (unpaired) electrons. The fourth-order valence-corrected chi connectivity index (χ4v) is 2.07. The first-order valence-corrected chi connectivity index (χ1v) is 7.84. The molecule has 0 saturated carbocycles. The predicted molar refractivity (Wildman–Crippen MR) is 85.7 cm³/mol. The molecule has 2 rings (SSSR count). The third-order valence-electron chi connectivity index (χ3n) is 2.52. The number of carbonyl (C=O) groups excluding carboxylic acids is 2. The van der Waals surface area contributed by atoms with Crippen molar-refractivity contribution < 1.29 is 39.3 Å². The van der Waals surface area contributed by atoms with E-state index in [1.54, 1.807) is 48.5 Å². The van der Waals surface area contributed by atoms with Crippen LogP contribution in [0.2, 0.25) is 0 Å². The Morgan fingerprint density at radius 3 is 1.17 bits per heavy atom. The minimum Gasteiger partial charge on any atom is -0.550 e. The van der Waals surface area contributed by atoms with Crippen LogP contribution in [0.4, 0.5) is 0 Å². The number of carboxylic acids is 2. The zero-order chi connectivity index (χ0) is 16.5. The molecular formula is C16H12Br2O4Zn. The van der Waals surface area contributed by atoms with E-state index in [0.717, 1.165) is 20.1 Å². The van der Waals surface area contributed by atoms with Crippen LogP contribution in [0.5, 0.6) is 0 Å². The molecule has 7 heteroatoms. The smallest absolute Gasteiger partial charge is 0.550 e. The Kier molecular flexibility index (Phi) is 11.0. The van der Waals surface area contributed by atoms with Crippen LogP contribution in [-0.2, 0) is 41.9 Å². The van der Waals surface area contributed by atoms with Crippen LogP contribution >= 0.6 is 31.9 Å². The van der Waals surface area contributed by atoms with Gasteiger partial charge in [0.15, 0.2) is 0 Å². The minimum absolute atomic E-state index is 0. The van der Waals surface area contributed by atoms with E-state index in [9.17, 15) is 19.8 Å². The minimum atomic E-state index is -1.05. The number of carboxylic acid groups (broad SMARTS) is 2. The second kappa shape index (κ2) is 11.5. The maximum Gasteiger partial charge on any atom is 2.00 e. The maximum absolute atomic E-state index is 10.1. The van der Waals surface area contributed by atoms with E-state index in [2.05, 4.69) is 31.9 Å². The predicted octanol–water partition coefficient (Wildman–Crippen LogP) is 1.48. The second-order valence-corrected chi connectivity index (χ2v) is 6.18. The Bertz CT molecular complexity index is 570. The van der Waals surface area contributed by atoms with E-state index in [4.69, 9.17) is 0 Å². The molecule has 4 nitrogen and oxygen atoms in total. The molecule has 0 aliphatic heterocycles. The molecule has 2 aromatic rings. The zero-order valence-electron chi connectivity index (χ0n) is 12.1. The van der Waals surface area contributed by atoms with Gasteiger partial charge in [-0.15, -0.1) is 0 Å². The van der Waals surface area contributed by atoms with Gasteiger partial charge in [0.05, 0.1) is 0 Å². The summed E-state index contributed by atoms with van der Waals surface area (Å²) >= 11 is 6.50. The molecule has 116 valence electrons. The van der Waals surface area contributed by atoms with Gasteiger partial charge in [0.2, 0.25) is 0 Å². The van der Waals surface area contributed by atoms with Crippen LogP contribution in [0.3, 0.4) is 0 Å². The normalized spacial score (nSPS) is 9.13. The number of hydrogen-bond donors (Lipinski definition) is 0. The van der Waals surface area contributed by atoms with Gasteiger partial charge in [-0.25, -0.2) is 0 Å². The molecule has 0 aromatic heterocycles. The van der Waals surface area contributed by atoms with Gasteiger partial charge in [-0.2, -0.15) is 0 Å². The van der Waals surface area contributed by atoms with Crippen molar-refractivity contribution in [1.82, 2.24) is 0 Å². The van der Waals surface area contributed by atoms with E-state index in [0.29, 0.717) is 0 Å². The van der Waals surface area contributed by atoms with Gasteiger partial charge in [-0.1, -0.05) is 56.1 Å². The van der Waals surface area contributed by atoms with Crippen LogP contribution in [0.25, 0.3) is 0 Å². The van der Waals surface area contributed by atoms with E-state index < -0.39 is 11.9 Å². The average Bonchev–Trinajstić information content (AvgIpc) is 2.44. The molecule has 2 aromatic carbocycles. The molecule has 0 fully saturated rings. The van der Waals surface area contributed by atoms with Crippen LogP contribution in [0, 0.1) is 0 Å². The van der Waals surface area contributed by atoms with Crippen molar-refractivity contribution in [3.63, 3.8) is 0 Å². The number of rotatable bonds is 4. The molecule has 0 spiro atoms. The van der Waals surface area contributed by atoms with E-state index in [1.165, 1.54) is 0 Å². The van der Waals surface area contributed by atoms with E-state index in [-0.39, 0.29) is 32.3 Å². The number of aliphatic carboxylic acids is 2. The third-order valence-corrected chi connectivity index (χ3v) is 3.58. The van der Waals surface area contributed by atoms with E-state index in [1.807, 2.05) is 0 Å². The van der Waals surface area contributed by atoms with Gasteiger partial charge in [-0.3, -0.25) is 0 Å². The monoisotopic (exact) mass is 490 g/mol. The van der Waals surface area contributed by atoms with Crippen LogP contribution < -0.4 is 10.2 Å². The largest absolute Gasteiger partial charge is 2.00 e. The Morgan fingerprint density at radius 2 is 0.957 bits per heavy atom. The Hall–Kier alpha value is -1.04. The molecule has 0 amide bonds. The quantitative estimate of drug-likeness (QED) is 0.605. The van der Waals surface area contributed by atoms with Gasteiger partial charge in [0, 0.05) is 33.7 Å². The fraction of sp³-hybridized carbons (Fsp3) is 0.125. The Balaban J connectivity index is 0.000000403. The van der Waals surface area contributed by atoms with Crippen molar-refractivity contribution in [2.45, 2.75) is 12.8 Å². The van der Waals surface area contributed by atoms with Crippen LogP contribution in [0.15, 0.2) is 57.5 Å². The molecule has 0 aliphatic rings. The Morgan fingerprint density at radius 1 is 0.696 bits per heavy atom. The fourth-order valence-electron chi connectivity index (χ4n) is 1.54. The summed E-state index contributed by atoms with van der Waals surface area (Å²) in [5.74, 6) is -2.10. The first kappa shape index (κ1) is 22.0. The van der Waals surface area contributed by atoms with Crippen molar-refractivity contribution in [3.8, 4) is 0 Å². The van der Waals surface area contributed by atoms with Crippen LogP contribution in [-0.4, -0.2) is 11.9 Å². The summed E-state index contributed by atoms with van der Waals surface area (Å²) in [6.45, 7) is 0. The van der Waals surface area contributed by atoms with Crippen molar-refractivity contribution in [2.75, 3.05) is 0 Å².